The third-order valence-electron chi connectivity index (χ3n) is 0.469. The van der Waals surface area contributed by atoms with Crippen molar-refractivity contribution in [3.05, 3.63) is 0 Å². The molecular weight excluding hydrogens is 108 g/mol. The van der Waals surface area contributed by atoms with Crippen LogP contribution in [0.5, 0.6) is 0 Å². The van der Waals surface area contributed by atoms with E-state index in [-0.39, 0.29) is 5.44 Å². The topological polar surface area (TPSA) is 20.2 Å². The smallest absolute Gasteiger partial charge is 0.0967 e. The van der Waals surface area contributed by atoms with Crippen molar-refractivity contribution >= 4 is 11.8 Å². The van der Waals surface area contributed by atoms with Gasteiger partial charge in [0.2, 0.25) is 0 Å². The Balaban J connectivity index is 2.95. The highest BCUT2D eigenvalue weighted by molar-refractivity contribution is 8.00. The lowest BCUT2D eigenvalue weighted by molar-refractivity contribution is 0.283. The molecule has 44 valence electrons. The first-order valence-electron chi connectivity index (χ1n) is 2.46. The lowest BCUT2D eigenvalue weighted by atomic mass is 10.6. The van der Waals surface area contributed by atoms with E-state index in [0.717, 1.165) is 0 Å². The summed E-state index contributed by atoms with van der Waals surface area (Å²) in [7, 11) is 0. The molecule has 1 nitrogen and oxygen atoms in total. The fourth-order valence-electron chi connectivity index (χ4n) is 0.394. The molecule has 0 aromatic carbocycles. The fraction of sp³-hybridized carbons (Fsp3) is 1.00. The molecule has 0 saturated carbocycles. The molecule has 0 aromatic rings. The van der Waals surface area contributed by atoms with Crippen molar-refractivity contribution in [2.24, 2.45) is 0 Å². The summed E-state index contributed by atoms with van der Waals surface area (Å²) in [6, 6.07) is 0. The number of aliphatic hydroxyl groups excluding tert-OH is 1. The second-order valence-electron chi connectivity index (χ2n) is 1.78. The van der Waals surface area contributed by atoms with Gasteiger partial charge in [0.1, 0.15) is 0 Å². The molecule has 0 saturated heterocycles. The zero-order valence-electron chi connectivity index (χ0n) is 5.01. The van der Waals surface area contributed by atoms with Crippen LogP contribution in [-0.4, -0.2) is 15.8 Å². The summed E-state index contributed by atoms with van der Waals surface area (Å²) >= 11 is 1.56. The van der Waals surface area contributed by atoms with E-state index in [2.05, 4.69) is 13.8 Å². The van der Waals surface area contributed by atoms with E-state index in [1.165, 1.54) is 0 Å². The molecule has 1 unspecified atom stereocenters. The standard InChI is InChI=1S/C5H12OS/c1-4(2)7-5(3)6/h4-6H,1-3H3. The van der Waals surface area contributed by atoms with Crippen LogP contribution in [0.3, 0.4) is 0 Å². The number of hydrogen-bond donors (Lipinski definition) is 1. The third-order valence-corrected chi connectivity index (χ3v) is 1.41. The summed E-state index contributed by atoms with van der Waals surface area (Å²) in [5.41, 5.74) is -0.208. The Labute approximate surface area is 49.1 Å². The summed E-state index contributed by atoms with van der Waals surface area (Å²) in [5, 5.41) is 9.23. The average Bonchev–Trinajstić information content (AvgIpc) is 1.27. The van der Waals surface area contributed by atoms with Gasteiger partial charge in [0.25, 0.3) is 0 Å². The van der Waals surface area contributed by atoms with Crippen molar-refractivity contribution < 1.29 is 5.11 Å². The van der Waals surface area contributed by atoms with Crippen molar-refractivity contribution in [2.45, 2.75) is 31.5 Å². The second-order valence-corrected chi connectivity index (χ2v) is 3.68. The molecule has 0 aliphatic rings. The molecule has 0 bridgehead atoms. The zero-order valence-corrected chi connectivity index (χ0v) is 5.83. The molecule has 7 heavy (non-hydrogen) atoms. The van der Waals surface area contributed by atoms with Crippen LogP contribution in [0.25, 0.3) is 0 Å². The van der Waals surface area contributed by atoms with Crippen LogP contribution in [0.15, 0.2) is 0 Å². The first kappa shape index (κ1) is 7.31. The molecule has 1 N–H and O–H groups in total. The monoisotopic (exact) mass is 120 g/mol. The van der Waals surface area contributed by atoms with Gasteiger partial charge in [-0.1, -0.05) is 13.8 Å². The third kappa shape index (κ3) is 6.31. The molecule has 0 aromatic heterocycles. The fourth-order valence-corrected chi connectivity index (χ4v) is 1.18. The van der Waals surface area contributed by atoms with E-state index < -0.39 is 0 Å². The molecule has 2 heteroatoms. The molecule has 0 fully saturated rings. The van der Waals surface area contributed by atoms with Gasteiger partial charge in [-0.2, -0.15) is 0 Å². The Hall–Kier alpha value is 0.310. The summed E-state index contributed by atoms with van der Waals surface area (Å²) < 4.78 is 0. The first-order chi connectivity index (χ1) is 3.13. The first-order valence-corrected chi connectivity index (χ1v) is 3.40. The minimum absolute atomic E-state index is 0.208. The van der Waals surface area contributed by atoms with Crippen molar-refractivity contribution in [3.8, 4) is 0 Å². The van der Waals surface area contributed by atoms with Crippen molar-refractivity contribution in [1.82, 2.24) is 0 Å². The quantitative estimate of drug-likeness (QED) is 0.557. The highest BCUT2D eigenvalue weighted by Gasteiger charge is 1.97. The Bertz CT molecular complexity index is 37.3. The molecule has 0 aliphatic heterocycles. The number of rotatable bonds is 2. The van der Waals surface area contributed by atoms with Crippen LogP contribution in [0.4, 0.5) is 0 Å². The zero-order chi connectivity index (χ0) is 5.86. The van der Waals surface area contributed by atoms with Crippen molar-refractivity contribution in [3.63, 3.8) is 0 Å². The molecule has 0 heterocycles. The maximum Gasteiger partial charge on any atom is 0.0967 e. The normalized spacial score (nSPS) is 15.0. The summed E-state index contributed by atoms with van der Waals surface area (Å²) in [4.78, 5) is 0. The van der Waals surface area contributed by atoms with Gasteiger partial charge in [0, 0.05) is 5.25 Å². The van der Waals surface area contributed by atoms with E-state index in [1.807, 2.05) is 0 Å². The molecule has 0 spiro atoms. The maximum absolute atomic E-state index is 8.69. The summed E-state index contributed by atoms with van der Waals surface area (Å²) in [5.74, 6) is 0. The number of hydrogen-bond acceptors (Lipinski definition) is 2. The van der Waals surface area contributed by atoms with E-state index >= 15 is 0 Å². The van der Waals surface area contributed by atoms with Gasteiger partial charge < -0.3 is 5.11 Å². The average molecular weight is 120 g/mol. The van der Waals surface area contributed by atoms with E-state index in [0.29, 0.717) is 5.25 Å². The second kappa shape index (κ2) is 3.33. The van der Waals surface area contributed by atoms with Gasteiger partial charge in [0.05, 0.1) is 5.44 Å². The van der Waals surface area contributed by atoms with Gasteiger partial charge in [-0.05, 0) is 6.92 Å². The molecule has 0 rings (SSSR count). The summed E-state index contributed by atoms with van der Waals surface area (Å²) in [6.45, 7) is 5.92. The van der Waals surface area contributed by atoms with E-state index in [9.17, 15) is 0 Å². The van der Waals surface area contributed by atoms with Crippen LogP contribution in [0, 0.1) is 0 Å². The molecule has 1 atom stereocenters. The molecular formula is C5H12OS. The Kier molecular flexibility index (Phi) is 3.48. The predicted octanol–water partition coefficient (Wildman–Crippen LogP) is 1.47. The minimum atomic E-state index is -0.208. The highest BCUT2D eigenvalue weighted by Crippen LogP contribution is 2.12. The van der Waals surface area contributed by atoms with Crippen LogP contribution in [0.1, 0.15) is 20.8 Å². The van der Waals surface area contributed by atoms with Crippen LogP contribution in [0.2, 0.25) is 0 Å². The van der Waals surface area contributed by atoms with Crippen LogP contribution >= 0.6 is 11.8 Å². The van der Waals surface area contributed by atoms with Gasteiger partial charge in [0.15, 0.2) is 0 Å². The number of aliphatic hydroxyl groups is 1. The van der Waals surface area contributed by atoms with E-state index in [4.69, 9.17) is 5.11 Å². The lowest BCUT2D eigenvalue weighted by Gasteiger charge is -2.04. The van der Waals surface area contributed by atoms with Crippen molar-refractivity contribution in [2.75, 3.05) is 0 Å². The van der Waals surface area contributed by atoms with Crippen LogP contribution in [-0.2, 0) is 0 Å². The van der Waals surface area contributed by atoms with Gasteiger partial charge in [-0.3, -0.25) is 0 Å². The van der Waals surface area contributed by atoms with Gasteiger partial charge >= 0.3 is 0 Å². The predicted molar refractivity (Wildman–Crippen MR) is 34.4 cm³/mol. The maximum atomic E-state index is 8.69. The number of thioether (sulfide) groups is 1. The molecule has 0 aliphatic carbocycles. The van der Waals surface area contributed by atoms with Gasteiger partial charge in [-0.25, -0.2) is 0 Å². The van der Waals surface area contributed by atoms with E-state index in [1.54, 1.807) is 18.7 Å². The highest BCUT2D eigenvalue weighted by atomic mass is 32.2. The van der Waals surface area contributed by atoms with Crippen LogP contribution < -0.4 is 0 Å². The minimum Gasteiger partial charge on any atom is -0.383 e. The lowest BCUT2D eigenvalue weighted by Crippen LogP contribution is -1.97. The summed E-state index contributed by atoms with van der Waals surface area (Å²) in [6.07, 6.45) is 0. The molecule has 0 radical (unpaired) electrons. The Morgan fingerprint density at radius 2 is 1.71 bits per heavy atom. The Morgan fingerprint density at radius 3 is 1.71 bits per heavy atom. The Morgan fingerprint density at radius 1 is 1.29 bits per heavy atom. The molecule has 0 amide bonds. The largest absolute Gasteiger partial charge is 0.383 e. The van der Waals surface area contributed by atoms with Crippen molar-refractivity contribution in [1.29, 1.82) is 0 Å². The van der Waals surface area contributed by atoms with Gasteiger partial charge in [-0.15, -0.1) is 11.8 Å². The SMILES string of the molecule is CC(C)SC(C)O.